The second-order valence-electron chi connectivity index (χ2n) is 4.60. The van der Waals surface area contributed by atoms with E-state index < -0.39 is 11.5 Å². The van der Waals surface area contributed by atoms with Crippen molar-refractivity contribution < 1.29 is 14.6 Å². The van der Waals surface area contributed by atoms with E-state index in [-0.39, 0.29) is 0 Å². The lowest BCUT2D eigenvalue weighted by molar-refractivity contribution is -0.152. The Morgan fingerprint density at radius 2 is 1.82 bits per heavy atom. The number of rotatable bonds is 10. The molecular formula is C13H27NO3. The van der Waals surface area contributed by atoms with Crippen LogP contribution in [0.15, 0.2) is 0 Å². The zero-order valence-corrected chi connectivity index (χ0v) is 11.7. The van der Waals surface area contributed by atoms with Gasteiger partial charge in [-0.1, -0.05) is 26.7 Å². The SMILES string of the molecule is CCCC(CCC)(C(=O)O)N(C)CCCOC. The number of likely N-dealkylation sites (N-methyl/N-ethyl adjacent to an activating group) is 1. The topological polar surface area (TPSA) is 49.8 Å². The number of methoxy groups -OCH3 is 1. The maximum Gasteiger partial charge on any atom is 0.324 e. The third kappa shape index (κ3) is 4.64. The number of carboxylic acid groups (broad SMARTS) is 1. The van der Waals surface area contributed by atoms with E-state index in [1.807, 2.05) is 25.8 Å². The van der Waals surface area contributed by atoms with Crippen LogP contribution in [0.3, 0.4) is 0 Å². The Morgan fingerprint density at radius 1 is 1.29 bits per heavy atom. The Morgan fingerprint density at radius 3 is 2.18 bits per heavy atom. The van der Waals surface area contributed by atoms with E-state index in [1.54, 1.807) is 7.11 Å². The number of aliphatic carboxylic acids is 1. The van der Waals surface area contributed by atoms with Gasteiger partial charge in [0.2, 0.25) is 0 Å². The van der Waals surface area contributed by atoms with Crippen molar-refractivity contribution >= 4 is 5.97 Å². The Bertz CT molecular complexity index is 213. The molecule has 0 aliphatic carbocycles. The van der Waals surface area contributed by atoms with E-state index in [2.05, 4.69) is 0 Å². The number of hydrogen-bond acceptors (Lipinski definition) is 3. The van der Waals surface area contributed by atoms with Crippen LogP contribution in [0.2, 0.25) is 0 Å². The van der Waals surface area contributed by atoms with Crippen LogP contribution >= 0.6 is 0 Å². The van der Waals surface area contributed by atoms with Crippen molar-refractivity contribution in [2.24, 2.45) is 0 Å². The van der Waals surface area contributed by atoms with Crippen molar-refractivity contribution in [3.63, 3.8) is 0 Å². The van der Waals surface area contributed by atoms with E-state index >= 15 is 0 Å². The first-order valence-corrected chi connectivity index (χ1v) is 6.48. The summed E-state index contributed by atoms with van der Waals surface area (Å²) in [5.74, 6) is -0.693. The molecule has 0 spiro atoms. The lowest BCUT2D eigenvalue weighted by atomic mass is 9.87. The molecule has 0 aromatic heterocycles. The molecule has 0 saturated heterocycles. The fraction of sp³-hybridized carbons (Fsp3) is 0.923. The smallest absolute Gasteiger partial charge is 0.324 e. The molecule has 1 N–H and O–H groups in total. The number of carbonyl (C=O) groups is 1. The normalized spacial score (nSPS) is 12.1. The predicted molar refractivity (Wildman–Crippen MR) is 69.3 cm³/mol. The zero-order valence-electron chi connectivity index (χ0n) is 11.7. The van der Waals surface area contributed by atoms with Gasteiger partial charge in [0, 0.05) is 20.3 Å². The average Bonchev–Trinajstić information content (AvgIpc) is 2.28. The summed E-state index contributed by atoms with van der Waals surface area (Å²) in [5, 5.41) is 9.54. The van der Waals surface area contributed by atoms with Crippen LogP contribution in [0.25, 0.3) is 0 Å². The van der Waals surface area contributed by atoms with Gasteiger partial charge in [-0.25, -0.2) is 0 Å². The monoisotopic (exact) mass is 245 g/mol. The molecule has 0 saturated carbocycles. The van der Waals surface area contributed by atoms with Gasteiger partial charge >= 0.3 is 5.97 Å². The van der Waals surface area contributed by atoms with E-state index in [9.17, 15) is 9.90 Å². The molecule has 4 nitrogen and oxygen atoms in total. The lowest BCUT2D eigenvalue weighted by Crippen LogP contribution is -2.53. The van der Waals surface area contributed by atoms with Crippen molar-refractivity contribution in [2.75, 3.05) is 27.3 Å². The summed E-state index contributed by atoms with van der Waals surface area (Å²) in [7, 11) is 3.58. The van der Waals surface area contributed by atoms with Crippen LogP contribution in [0.4, 0.5) is 0 Å². The Balaban J connectivity index is 4.67. The lowest BCUT2D eigenvalue weighted by Gasteiger charge is -2.38. The summed E-state index contributed by atoms with van der Waals surface area (Å²) in [6.45, 7) is 5.52. The van der Waals surface area contributed by atoms with Gasteiger partial charge in [-0.15, -0.1) is 0 Å². The number of carboxylic acids is 1. The molecule has 0 aromatic rings. The van der Waals surface area contributed by atoms with E-state index in [0.717, 1.165) is 25.8 Å². The highest BCUT2D eigenvalue weighted by molar-refractivity contribution is 5.78. The molecule has 0 bridgehead atoms. The molecule has 0 aliphatic heterocycles. The zero-order chi connectivity index (χ0) is 13.3. The van der Waals surface area contributed by atoms with E-state index in [0.29, 0.717) is 19.4 Å². The van der Waals surface area contributed by atoms with Gasteiger partial charge in [0.15, 0.2) is 0 Å². The van der Waals surface area contributed by atoms with Crippen LogP contribution in [0.5, 0.6) is 0 Å². The first kappa shape index (κ1) is 16.4. The number of hydrogen-bond donors (Lipinski definition) is 1. The molecule has 0 amide bonds. The van der Waals surface area contributed by atoms with Gasteiger partial charge in [0.25, 0.3) is 0 Å². The molecule has 0 heterocycles. The van der Waals surface area contributed by atoms with Gasteiger partial charge in [-0.2, -0.15) is 0 Å². The molecule has 102 valence electrons. The first-order chi connectivity index (χ1) is 8.05. The predicted octanol–water partition coefficient (Wildman–Crippen LogP) is 2.38. The molecule has 0 rings (SSSR count). The van der Waals surface area contributed by atoms with Crippen LogP contribution in [0.1, 0.15) is 46.0 Å². The third-order valence-electron chi connectivity index (χ3n) is 3.30. The Labute approximate surface area is 105 Å². The summed E-state index contributed by atoms with van der Waals surface area (Å²) < 4.78 is 5.01. The molecule has 4 heteroatoms. The highest BCUT2D eigenvalue weighted by atomic mass is 16.5. The molecular weight excluding hydrogens is 218 g/mol. The number of nitrogens with zero attached hydrogens (tertiary/aromatic N) is 1. The molecule has 0 atom stereocenters. The quantitative estimate of drug-likeness (QED) is 0.600. The highest BCUT2D eigenvalue weighted by Crippen LogP contribution is 2.27. The van der Waals surface area contributed by atoms with Crippen LogP contribution in [-0.4, -0.2) is 48.8 Å². The molecule has 17 heavy (non-hydrogen) atoms. The maximum atomic E-state index is 11.6. The molecule has 0 aromatic carbocycles. The van der Waals surface area contributed by atoms with E-state index in [1.165, 1.54) is 0 Å². The minimum atomic E-state index is -0.697. The van der Waals surface area contributed by atoms with Crippen molar-refractivity contribution in [1.29, 1.82) is 0 Å². The minimum Gasteiger partial charge on any atom is -0.480 e. The standard InChI is InChI=1S/C13H27NO3/c1-5-8-13(9-6-2,12(15)16)14(3)10-7-11-17-4/h5-11H2,1-4H3,(H,15,16). The van der Waals surface area contributed by atoms with Gasteiger partial charge < -0.3 is 9.84 Å². The maximum absolute atomic E-state index is 11.6. The van der Waals surface area contributed by atoms with Crippen molar-refractivity contribution in [1.82, 2.24) is 4.90 Å². The summed E-state index contributed by atoms with van der Waals surface area (Å²) in [6.07, 6.45) is 4.07. The van der Waals surface area contributed by atoms with Gasteiger partial charge in [0.05, 0.1) is 0 Å². The molecule has 0 fully saturated rings. The fourth-order valence-corrected chi connectivity index (χ4v) is 2.37. The van der Waals surface area contributed by atoms with Gasteiger partial charge in [0.1, 0.15) is 5.54 Å². The Hall–Kier alpha value is -0.610. The summed E-state index contributed by atoms with van der Waals surface area (Å²) in [4.78, 5) is 13.6. The van der Waals surface area contributed by atoms with Crippen LogP contribution in [0, 0.1) is 0 Å². The second-order valence-corrected chi connectivity index (χ2v) is 4.60. The molecule has 0 aliphatic rings. The minimum absolute atomic E-state index is 0.679. The second kappa shape index (κ2) is 8.48. The fourth-order valence-electron chi connectivity index (χ4n) is 2.37. The van der Waals surface area contributed by atoms with Crippen molar-refractivity contribution in [3.05, 3.63) is 0 Å². The van der Waals surface area contributed by atoms with Gasteiger partial charge in [-0.3, -0.25) is 9.69 Å². The van der Waals surface area contributed by atoms with E-state index in [4.69, 9.17) is 4.74 Å². The van der Waals surface area contributed by atoms with Gasteiger partial charge in [-0.05, 0) is 26.3 Å². The largest absolute Gasteiger partial charge is 0.480 e. The summed E-state index contributed by atoms with van der Waals surface area (Å²) >= 11 is 0. The summed E-state index contributed by atoms with van der Waals surface area (Å²) in [5.41, 5.74) is -0.697. The first-order valence-electron chi connectivity index (χ1n) is 6.48. The molecule has 0 radical (unpaired) electrons. The van der Waals surface area contributed by atoms with Crippen LogP contribution < -0.4 is 0 Å². The highest BCUT2D eigenvalue weighted by Gasteiger charge is 2.40. The molecule has 0 unspecified atom stereocenters. The van der Waals surface area contributed by atoms with Crippen LogP contribution in [-0.2, 0) is 9.53 Å². The van der Waals surface area contributed by atoms with Crippen molar-refractivity contribution in [2.45, 2.75) is 51.5 Å². The van der Waals surface area contributed by atoms with Crippen molar-refractivity contribution in [3.8, 4) is 0 Å². The Kier molecular flexibility index (Phi) is 8.17. The third-order valence-corrected chi connectivity index (χ3v) is 3.30. The summed E-state index contributed by atoms with van der Waals surface area (Å²) in [6, 6.07) is 0. The average molecular weight is 245 g/mol. The number of ether oxygens (including phenoxy) is 1.